The number of nitrogens with zero attached hydrogens (tertiary/aromatic N) is 4. The number of carbonyl (C=O) groups is 1. The van der Waals surface area contributed by atoms with Crippen LogP contribution in [0.3, 0.4) is 0 Å². The first-order valence-corrected chi connectivity index (χ1v) is 10.9. The van der Waals surface area contributed by atoms with Crippen LogP contribution in [0.25, 0.3) is 11.4 Å². The Hall–Kier alpha value is -1.90. The Labute approximate surface area is 171 Å². The lowest BCUT2D eigenvalue weighted by molar-refractivity contribution is -0.113. The van der Waals surface area contributed by atoms with Gasteiger partial charge in [0.25, 0.3) is 0 Å². The van der Waals surface area contributed by atoms with Crippen LogP contribution in [0.4, 0.5) is 5.82 Å². The number of anilines is 1. The van der Waals surface area contributed by atoms with E-state index in [1.807, 2.05) is 0 Å². The monoisotopic (exact) mass is 421 g/mol. The van der Waals surface area contributed by atoms with Crippen LogP contribution in [0.15, 0.2) is 34.9 Å². The lowest BCUT2D eigenvalue weighted by Gasteiger charge is -2.08. The Morgan fingerprint density at radius 2 is 2.19 bits per heavy atom. The van der Waals surface area contributed by atoms with E-state index in [4.69, 9.17) is 11.6 Å². The molecular formula is C18H20ClN5OS2. The van der Waals surface area contributed by atoms with Crippen molar-refractivity contribution in [2.75, 3.05) is 11.1 Å². The van der Waals surface area contributed by atoms with Crippen molar-refractivity contribution in [1.82, 2.24) is 19.7 Å². The number of nitrogens with one attached hydrogen (secondary N) is 1. The summed E-state index contributed by atoms with van der Waals surface area (Å²) in [5.41, 5.74) is 1.08. The molecule has 0 aromatic carbocycles. The summed E-state index contributed by atoms with van der Waals surface area (Å²) in [6.07, 6.45) is 3.47. The fraction of sp³-hybridized carbons (Fsp3) is 0.333. The molecule has 142 valence electrons. The van der Waals surface area contributed by atoms with Crippen LogP contribution in [-0.4, -0.2) is 31.4 Å². The van der Waals surface area contributed by atoms with Gasteiger partial charge < -0.3 is 9.88 Å². The minimum absolute atomic E-state index is 0.147. The summed E-state index contributed by atoms with van der Waals surface area (Å²) < 4.78 is 2.08. The molecule has 0 radical (unpaired) electrons. The first-order valence-electron chi connectivity index (χ1n) is 8.65. The average molecular weight is 422 g/mol. The van der Waals surface area contributed by atoms with E-state index in [9.17, 15) is 4.79 Å². The SMILES string of the molecule is CCCn1c(SCC(=O)Nc2ccc(Cl)cn2)nnc1-c1csc(CC)c1. The molecule has 1 N–H and O–H groups in total. The summed E-state index contributed by atoms with van der Waals surface area (Å²) in [7, 11) is 0. The fourth-order valence-electron chi connectivity index (χ4n) is 2.48. The maximum absolute atomic E-state index is 12.2. The number of hydrogen-bond donors (Lipinski definition) is 1. The molecule has 0 saturated carbocycles. The summed E-state index contributed by atoms with van der Waals surface area (Å²) in [6, 6.07) is 5.52. The third kappa shape index (κ3) is 5.09. The van der Waals surface area contributed by atoms with Crippen molar-refractivity contribution >= 4 is 46.4 Å². The molecule has 0 fully saturated rings. The Kier molecular flexibility index (Phi) is 6.87. The molecule has 0 aliphatic heterocycles. The second-order valence-corrected chi connectivity index (χ2v) is 8.19. The Balaban J connectivity index is 1.69. The second kappa shape index (κ2) is 9.34. The predicted octanol–water partition coefficient (Wildman–Crippen LogP) is 4.76. The highest BCUT2D eigenvalue weighted by Gasteiger charge is 2.16. The van der Waals surface area contributed by atoms with E-state index >= 15 is 0 Å². The van der Waals surface area contributed by atoms with Crippen LogP contribution >= 0.6 is 34.7 Å². The van der Waals surface area contributed by atoms with Gasteiger partial charge in [-0.2, -0.15) is 0 Å². The molecule has 0 spiro atoms. The molecule has 3 aromatic rings. The second-order valence-electron chi connectivity index (χ2n) is 5.81. The highest BCUT2D eigenvalue weighted by atomic mass is 35.5. The average Bonchev–Trinajstić information content (AvgIpc) is 3.29. The molecule has 9 heteroatoms. The molecular weight excluding hydrogens is 402 g/mol. The van der Waals surface area contributed by atoms with Gasteiger partial charge in [0.05, 0.1) is 10.8 Å². The van der Waals surface area contributed by atoms with Crippen LogP contribution in [0.2, 0.25) is 5.02 Å². The van der Waals surface area contributed by atoms with Crippen LogP contribution < -0.4 is 5.32 Å². The van der Waals surface area contributed by atoms with Gasteiger partial charge in [0, 0.05) is 28.6 Å². The summed E-state index contributed by atoms with van der Waals surface area (Å²) >= 11 is 8.91. The standard InChI is InChI=1S/C18H20ClN5OS2/c1-3-7-24-17(12-8-14(4-2)26-10-12)22-23-18(24)27-11-16(25)21-15-6-5-13(19)9-20-15/h5-6,8-10H,3-4,7,11H2,1-2H3,(H,20,21,25). The summed E-state index contributed by atoms with van der Waals surface area (Å²) in [4.78, 5) is 17.6. The Bertz CT molecular complexity index is 907. The number of amides is 1. The molecule has 0 saturated heterocycles. The van der Waals surface area contributed by atoms with E-state index in [0.717, 1.165) is 35.9 Å². The molecule has 0 unspecified atom stereocenters. The third-order valence-corrected chi connectivity index (χ3v) is 6.02. The number of aromatic nitrogens is 4. The maximum Gasteiger partial charge on any atom is 0.236 e. The topological polar surface area (TPSA) is 72.7 Å². The smallest absolute Gasteiger partial charge is 0.236 e. The number of thiophene rings is 1. The van der Waals surface area contributed by atoms with Crippen LogP contribution in [0.1, 0.15) is 25.1 Å². The van der Waals surface area contributed by atoms with Crippen molar-refractivity contribution < 1.29 is 4.79 Å². The van der Waals surface area contributed by atoms with Crippen molar-refractivity contribution in [3.8, 4) is 11.4 Å². The minimum Gasteiger partial charge on any atom is -0.310 e. The number of hydrogen-bond acceptors (Lipinski definition) is 6. The van der Waals surface area contributed by atoms with Crippen LogP contribution in [-0.2, 0) is 17.8 Å². The quantitative estimate of drug-likeness (QED) is 0.531. The van der Waals surface area contributed by atoms with E-state index in [0.29, 0.717) is 10.8 Å². The number of pyridine rings is 1. The number of carbonyl (C=O) groups excluding carboxylic acids is 1. The van der Waals surface area contributed by atoms with Gasteiger partial charge in [0.2, 0.25) is 5.91 Å². The molecule has 3 rings (SSSR count). The maximum atomic E-state index is 12.2. The Morgan fingerprint density at radius 3 is 2.85 bits per heavy atom. The van der Waals surface area contributed by atoms with E-state index in [1.54, 1.807) is 23.5 Å². The van der Waals surface area contributed by atoms with E-state index < -0.39 is 0 Å². The summed E-state index contributed by atoms with van der Waals surface area (Å²) in [6.45, 7) is 5.06. The summed E-state index contributed by atoms with van der Waals surface area (Å²) in [5, 5.41) is 14.8. The van der Waals surface area contributed by atoms with E-state index in [2.05, 4.69) is 50.4 Å². The number of rotatable bonds is 8. The number of thioether (sulfide) groups is 1. The first kappa shape index (κ1) is 19.9. The van der Waals surface area contributed by atoms with Crippen molar-refractivity contribution in [2.45, 2.75) is 38.4 Å². The van der Waals surface area contributed by atoms with E-state index in [-0.39, 0.29) is 11.7 Å². The third-order valence-electron chi connectivity index (χ3n) is 3.75. The molecule has 27 heavy (non-hydrogen) atoms. The van der Waals surface area contributed by atoms with Gasteiger partial charge >= 0.3 is 0 Å². The lowest BCUT2D eigenvalue weighted by atomic mass is 10.2. The van der Waals surface area contributed by atoms with Gasteiger partial charge in [-0.25, -0.2) is 4.98 Å². The van der Waals surface area contributed by atoms with Gasteiger partial charge in [-0.1, -0.05) is 37.2 Å². The molecule has 6 nitrogen and oxygen atoms in total. The fourth-order valence-corrected chi connectivity index (χ4v) is 4.17. The molecule has 0 bridgehead atoms. The van der Waals surface area contributed by atoms with Crippen molar-refractivity contribution in [3.05, 3.63) is 39.7 Å². The lowest BCUT2D eigenvalue weighted by Crippen LogP contribution is -2.15. The molecule has 0 aliphatic carbocycles. The van der Waals surface area contributed by atoms with Crippen LogP contribution in [0, 0.1) is 0 Å². The predicted molar refractivity (Wildman–Crippen MR) is 112 cm³/mol. The van der Waals surface area contributed by atoms with E-state index in [1.165, 1.54) is 22.8 Å². The van der Waals surface area contributed by atoms with Crippen LogP contribution in [0.5, 0.6) is 0 Å². The zero-order chi connectivity index (χ0) is 19.2. The van der Waals surface area contributed by atoms with Crippen molar-refractivity contribution in [2.24, 2.45) is 0 Å². The number of halogens is 1. The molecule has 0 atom stereocenters. The van der Waals surface area contributed by atoms with Gasteiger partial charge in [-0.05, 0) is 31.0 Å². The molecule has 3 aromatic heterocycles. The largest absolute Gasteiger partial charge is 0.310 e. The van der Waals surface area contributed by atoms with Gasteiger partial charge in [0.1, 0.15) is 5.82 Å². The van der Waals surface area contributed by atoms with Gasteiger partial charge in [-0.15, -0.1) is 21.5 Å². The molecule has 1 amide bonds. The zero-order valence-corrected chi connectivity index (χ0v) is 17.5. The zero-order valence-electron chi connectivity index (χ0n) is 15.1. The normalized spacial score (nSPS) is 10.9. The molecule has 0 aliphatic rings. The minimum atomic E-state index is -0.147. The summed E-state index contributed by atoms with van der Waals surface area (Å²) in [5.74, 6) is 1.42. The van der Waals surface area contributed by atoms with Gasteiger partial charge in [0.15, 0.2) is 11.0 Å². The highest BCUT2D eigenvalue weighted by molar-refractivity contribution is 7.99. The Morgan fingerprint density at radius 1 is 1.33 bits per heavy atom. The highest BCUT2D eigenvalue weighted by Crippen LogP contribution is 2.28. The molecule has 3 heterocycles. The van der Waals surface area contributed by atoms with Gasteiger partial charge in [-0.3, -0.25) is 4.79 Å². The number of aryl methyl sites for hydroxylation is 1. The van der Waals surface area contributed by atoms with Crippen molar-refractivity contribution in [3.63, 3.8) is 0 Å². The van der Waals surface area contributed by atoms with Crippen molar-refractivity contribution in [1.29, 1.82) is 0 Å². The first-order chi connectivity index (χ1) is 13.1.